The summed E-state index contributed by atoms with van der Waals surface area (Å²) in [6.07, 6.45) is 4.40. The minimum absolute atomic E-state index is 0.155. The van der Waals surface area contributed by atoms with Crippen molar-refractivity contribution in [3.05, 3.63) is 83.2 Å². The zero-order valence-corrected chi connectivity index (χ0v) is 18.8. The smallest absolute Gasteiger partial charge is 0.248 e. The monoisotopic (exact) mass is 430 g/mol. The Balaban J connectivity index is 1.34. The number of carbonyl (C=O) groups is 1. The highest BCUT2D eigenvalue weighted by molar-refractivity contribution is 6.02. The lowest BCUT2D eigenvalue weighted by atomic mass is 10.1. The summed E-state index contributed by atoms with van der Waals surface area (Å²) >= 11 is 0. The van der Waals surface area contributed by atoms with Crippen molar-refractivity contribution in [2.24, 2.45) is 0 Å². The third-order valence-corrected chi connectivity index (χ3v) is 5.79. The molecule has 166 valence electrons. The third kappa shape index (κ3) is 5.52. The predicted molar refractivity (Wildman–Crippen MR) is 128 cm³/mol. The zero-order chi connectivity index (χ0) is 22.3. The van der Waals surface area contributed by atoms with Gasteiger partial charge in [-0.05, 0) is 56.2 Å². The predicted octanol–water partition coefficient (Wildman–Crippen LogP) is 4.02. The summed E-state index contributed by atoms with van der Waals surface area (Å²) in [7, 11) is 0. The van der Waals surface area contributed by atoms with E-state index in [1.807, 2.05) is 67.1 Å². The van der Waals surface area contributed by atoms with E-state index in [9.17, 15) is 4.79 Å². The van der Waals surface area contributed by atoms with Crippen molar-refractivity contribution in [3.8, 4) is 5.69 Å². The Kier molecular flexibility index (Phi) is 7.14. The lowest BCUT2D eigenvalue weighted by molar-refractivity contribution is -0.111. The van der Waals surface area contributed by atoms with Gasteiger partial charge in [0.05, 0.1) is 24.6 Å². The fourth-order valence-electron chi connectivity index (χ4n) is 3.93. The summed E-state index contributed by atoms with van der Waals surface area (Å²) in [5, 5.41) is 7.57. The molecule has 0 spiro atoms. The van der Waals surface area contributed by atoms with Crippen molar-refractivity contribution in [1.82, 2.24) is 14.7 Å². The molecule has 2 heterocycles. The number of rotatable bonds is 7. The Bertz CT molecular complexity index is 1070. The number of hydrogen-bond acceptors (Lipinski definition) is 4. The summed E-state index contributed by atoms with van der Waals surface area (Å²) in [6, 6.07) is 18.1. The summed E-state index contributed by atoms with van der Waals surface area (Å²) in [6.45, 7) is 8.66. The number of carbonyl (C=O) groups excluding carboxylic acids is 1. The van der Waals surface area contributed by atoms with Crippen LogP contribution in [0.4, 0.5) is 5.69 Å². The Morgan fingerprint density at radius 3 is 2.50 bits per heavy atom. The highest BCUT2D eigenvalue weighted by Crippen LogP contribution is 2.19. The van der Waals surface area contributed by atoms with Crippen molar-refractivity contribution in [3.63, 3.8) is 0 Å². The summed E-state index contributed by atoms with van der Waals surface area (Å²) in [4.78, 5) is 14.9. The summed E-state index contributed by atoms with van der Waals surface area (Å²) in [5.74, 6) is -0.155. The van der Waals surface area contributed by atoms with Gasteiger partial charge < -0.3 is 10.1 Å². The molecule has 2 aromatic carbocycles. The first-order valence-corrected chi connectivity index (χ1v) is 11.1. The fraction of sp³-hybridized carbons (Fsp3) is 0.308. The van der Waals surface area contributed by atoms with Crippen LogP contribution in [0.1, 0.15) is 22.5 Å². The van der Waals surface area contributed by atoms with Crippen LogP contribution in [-0.2, 0) is 16.0 Å². The molecule has 1 amide bonds. The first kappa shape index (κ1) is 22.0. The van der Waals surface area contributed by atoms with Crippen LogP contribution >= 0.6 is 0 Å². The molecule has 0 bridgehead atoms. The molecule has 1 saturated heterocycles. The van der Waals surface area contributed by atoms with E-state index < -0.39 is 0 Å². The second kappa shape index (κ2) is 10.4. The lowest BCUT2D eigenvalue weighted by Crippen LogP contribution is -2.37. The molecule has 1 fully saturated rings. The average molecular weight is 431 g/mol. The molecule has 3 aromatic rings. The van der Waals surface area contributed by atoms with Gasteiger partial charge in [0, 0.05) is 42.7 Å². The van der Waals surface area contributed by atoms with E-state index in [0.29, 0.717) is 0 Å². The van der Waals surface area contributed by atoms with Gasteiger partial charge >= 0.3 is 0 Å². The Labute approximate surface area is 189 Å². The number of para-hydroxylation sites is 1. The van der Waals surface area contributed by atoms with Crippen LogP contribution in [0.5, 0.6) is 0 Å². The number of aryl methyl sites for hydroxylation is 1. The molecule has 1 aliphatic heterocycles. The molecular formula is C26H30N4O2. The van der Waals surface area contributed by atoms with E-state index in [-0.39, 0.29) is 5.91 Å². The summed E-state index contributed by atoms with van der Waals surface area (Å²) < 4.78 is 7.30. The van der Waals surface area contributed by atoms with Crippen LogP contribution in [0.15, 0.2) is 60.7 Å². The first-order valence-electron chi connectivity index (χ1n) is 11.1. The zero-order valence-electron chi connectivity index (χ0n) is 18.8. The van der Waals surface area contributed by atoms with Gasteiger partial charge in [0.25, 0.3) is 0 Å². The number of morpholine rings is 1. The SMILES string of the molecule is Cc1nn(-c2ccccc2)c(C)c1C=CC(=O)Nc1ccc(CCN2CCOCC2)cc1. The molecule has 32 heavy (non-hydrogen) atoms. The minimum Gasteiger partial charge on any atom is -0.379 e. The largest absolute Gasteiger partial charge is 0.379 e. The number of nitrogens with one attached hydrogen (secondary N) is 1. The Morgan fingerprint density at radius 1 is 1.06 bits per heavy atom. The van der Waals surface area contributed by atoms with E-state index in [1.54, 1.807) is 6.08 Å². The number of nitrogens with zero attached hydrogens (tertiary/aromatic N) is 3. The standard InChI is InChI=1S/C26H30N4O2/c1-20-25(21(2)30(28-20)24-6-4-3-5-7-24)12-13-26(31)27-23-10-8-22(9-11-23)14-15-29-16-18-32-19-17-29/h3-13H,14-19H2,1-2H3,(H,27,31). The van der Waals surface area contributed by atoms with Gasteiger partial charge in [-0.2, -0.15) is 5.10 Å². The van der Waals surface area contributed by atoms with Crippen molar-refractivity contribution in [2.45, 2.75) is 20.3 Å². The molecule has 0 aliphatic carbocycles. The quantitative estimate of drug-likeness (QED) is 0.576. The van der Waals surface area contributed by atoms with Gasteiger partial charge in [-0.3, -0.25) is 9.69 Å². The van der Waals surface area contributed by atoms with Crippen LogP contribution in [0.2, 0.25) is 0 Å². The van der Waals surface area contributed by atoms with Gasteiger partial charge in [0.2, 0.25) is 5.91 Å². The molecule has 1 aromatic heterocycles. The van der Waals surface area contributed by atoms with E-state index in [1.165, 1.54) is 5.56 Å². The highest BCUT2D eigenvalue weighted by Gasteiger charge is 2.11. The second-order valence-corrected chi connectivity index (χ2v) is 8.06. The molecule has 1 aliphatic rings. The topological polar surface area (TPSA) is 59.4 Å². The van der Waals surface area contributed by atoms with E-state index in [0.717, 1.165) is 67.6 Å². The van der Waals surface area contributed by atoms with Crippen LogP contribution in [0.3, 0.4) is 0 Å². The third-order valence-electron chi connectivity index (χ3n) is 5.79. The van der Waals surface area contributed by atoms with Gasteiger partial charge in [-0.15, -0.1) is 0 Å². The second-order valence-electron chi connectivity index (χ2n) is 8.06. The molecule has 6 nitrogen and oxygen atoms in total. The molecule has 0 radical (unpaired) electrons. The number of benzene rings is 2. The summed E-state index contributed by atoms with van der Waals surface area (Å²) in [5.41, 5.74) is 5.92. The maximum absolute atomic E-state index is 12.5. The fourth-order valence-corrected chi connectivity index (χ4v) is 3.93. The number of aromatic nitrogens is 2. The number of ether oxygens (including phenoxy) is 1. The van der Waals surface area contributed by atoms with Crippen LogP contribution in [-0.4, -0.2) is 53.4 Å². The van der Waals surface area contributed by atoms with Gasteiger partial charge in [-0.1, -0.05) is 30.3 Å². The van der Waals surface area contributed by atoms with Gasteiger partial charge in [-0.25, -0.2) is 4.68 Å². The molecular weight excluding hydrogens is 400 g/mol. The van der Waals surface area contributed by atoms with E-state index >= 15 is 0 Å². The highest BCUT2D eigenvalue weighted by atomic mass is 16.5. The van der Waals surface area contributed by atoms with Crippen LogP contribution < -0.4 is 5.32 Å². The van der Waals surface area contributed by atoms with E-state index in [2.05, 4.69) is 27.4 Å². The first-order chi connectivity index (χ1) is 15.6. The average Bonchev–Trinajstić information content (AvgIpc) is 3.11. The molecule has 0 saturated carbocycles. The Hall–Kier alpha value is -3.22. The van der Waals surface area contributed by atoms with Gasteiger partial charge in [0.15, 0.2) is 0 Å². The lowest BCUT2D eigenvalue weighted by Gasteiger charge is -2.26. The molecule has 1 N–H and O–H groups in total. The molecule has 4 rings (SSSR count). The van der Waals surface area contributed by atoms with Crippen molar-refractivity contribution in [1.29, 1.82) is 0 Å². The maximum Gasteiger partial charge on any atom is 0.248 e. The van der Waals surface area contributed by atoms with E-state index in [4.69, 9.17) is 4.74 Å². The van der Waals surface area contributed by atoms with Crippen molar-refractivity contribution in [2.75, 3.05) is 38.2 Å². The maximum atomic E-state index is 12.5. The van der Waals surface area contributed by atoms with Crippen LogP contribution in [0, 0.1) is 13.8 Å². The number of hydrogen-bond donors (Lipinski definition) is 1. The van der Waals surface area contributed by atoms with Crippen LogP contribution in [0.25, 0.3) is 11.8 Å². The molecule has 0 unspecified atom stereocenters. The molecule has 0 atom stereocenters. The minimum atomic E-state index is -0.155. The Morgan fingerprint density at radius 2 is 1.78 bits per heavy atom. The molecule has 6 heteroatoms. The van der Waals surface area contributed by atoms with Crippen molar-refractivity contribution >= 4 is 17.7 Å². The number of anilines is 1. The van der Waals surface area contributed by atoms with Crippen molar-refractivity contribution < 1.29 is 9.53 Å². The van der Waals surface area contributed by atoms with Gasteiger partial charge in [0.1, 0.15) is 0 Å². The number of amides is 1. The normalized spacial score (nSPS) is 14.7.